The zero-order valence-electron chi connectivity index (χ0n) is 14.6. The molecule has 0 fully saturated rings. The number of aromatic nitrogens is 2. The highest BCUT2D eigenvalue weighted by Crippen LogP contribution is 2.33. The zero-order valence-corrected chi connectivity index (χ0v) is 15.4. The molecule has 6 nitrogen and oxygen atoms in total. The fourth-order valence-corrected chi connectivity index (χ4v) is 4.44. The minimum absolute atomic E-state index is 0.192. The van der Waals surface area contributed by atoms with Gasteiger partial charge in [-0.1, -0.05) is 0 Å². The van der Waals surface area contributed by atoms with E-state index in [4.69, 9.17) is 4.74 Å². The van der Waals surface area contributed by atoms with Crippen molar-refractivity contribution in [2.75, 3.05) is 13.7 Å². The van der Waals surface area contributed by atoms with Crippen molar-refractivity contribution >= 4 is 28.2 Å². The van der Waals surface area contributed by atoms with Crippen LogP contribution in [0.5, 0.6) is 0 Å². The second-order valence-electron chi connectivity index (χ2n) is 6.43. The van der Waals surface area contributed by atoms with Gasteiger partial charge in [-0.25, -0.2) is 9.78 Å². The second kappa shape index (κ2) is 6.66. The van der Waals surface area contributed by atoms with Crippen LogP contribution in [-0.4, -0.2) is 34.5 Å². The highest BCUT2D eigenvalue weighted by molar-refractivity contribution is 7.10. The van der Waals surface area contributed by atoms with Crippen LogP contribution in [-0.2, 0) is 17.7 Å². The summed E-state index contributed by atoms with van der Waals surface area (Å²) in [6.45, 7) is 3.67. The van der Waals surface area contributed by atoms with E-state index in [2.05, 4.69) is 33.2 Å². The lowest BCUT2D eigenvalue weighted by atomic mass is 10.0. The van der Waals surface area contributed by atoms with Crippen LogP contribution in [0.25, 0.3) is 10.9 Å². The van der Waals surface area contributed by atoms with Crippen molar-refractivity contribution in [3.05, 3.63) is 61.8 Å². The number of methoxy groups -OCH3 is 1. The first kappa shape index (κ1) is 16.9. The molecular formula is C19H19N3O3S. The molecule has 0 bridgehead atoms. The van der Waals surface area contributed by atoms with Gasteiger partial charge < -0.3 is 9.72 Å². The van der Waals surface area contributed by atoms with Crippen LogP contribution in [0.15, 0.2) is 34.4 Å². The fourth-order valence-electron chi connectivity index (χ4n) is 3.48. The standard InChI is InChI=1S/C19H19N3O3S/c1-11-13-6-8-26-16(13)5-7-22(11)10-17-20-15-9-12(19(24)25-2)3-4-14(15)18(23)21-17/h3-4,6,8-9,11H,5,7,10H2,1-2H3,(H,20,21,23). The number of ether oxygens (including phenoxy) is 1. The summed E-state index contributed by atoms with van der Waals surface area (Å²) in [6, 6.07) is 7.26. The summed E-state index contributed by atoms with van der Waals surface area (Å²) in [6.07, 6.45) is 1.02. The largest absolute Gasteiger partial charge is 0.465 e. The van der Waals surface area contributed by atoms with E-state index in [1.165, 1.54) is 17.6 Å². The summed E-state index contributed by atoms with van der Waals surface area (Å²) < 4.78 is 4.75. The lowest BCUT2D eigenvalue weighted by Gasteiger charge is -2.33. The van der Waals surface area contributed by atoms with Crippen molar-refractivity contribution in [3.8, 4) is 0 Å². The average molecular weight is 369 g/mol. The van der Waals surface area contributed by atoms with Gasteiger partial charge in [-0.05, 0) is 48.6 Å². The summed E-state index contributed by atoms with van der Waals surface area (Å²) >= 11 is 1.80. The van der Waals surface area contributed by atoms with E-state index in [1.54, 1.807) is 29.5 Å². The first-order valence-electron chi connectivity index (χ1n) is 8.48. The average Bonchev–Trinajstić information content (AvgIpc) is 3.12. The first-order valence-corrected chi connectivity index (χ1v) is 9.36. The quantitative estimate of drug-likeness (QED) is 0.719. The highest BCUT2D eigenvalue weighted by atomic mass is 32.1. The van der Waals surface area contributed by atoms with Crippen molar-refractivity contribution < 1.29 is 9.53 Å². The Morgan fingerprint density at radius 3 is 3.08 bits per heavy atom. The van der Waals surface area contributed by atoms with Crippen LogP contribution in [0.3, 0.4) is 0 Å². The predicted octanol–water partition coefficient (Wildman–Crippen LogP) is 2.89. The van der Waals surface area contributed by atoms with Gasteiger partial charge in [0.15, 0.2) is 0 Å². The number of aromatic amines is 1. The molecule has 26 heavy (non-hydrogen) atoms. The van der Waals surface area contributed by atoms with Crippen molar-refractivity contribution in [2.45, 2.75) is 25.9 Å². The molecule has 1 atom stereocenters. The number of carbonyl (C=O) groups is 1. The number of hydrogen-bond donors (Lipinski definition) is 1. The van der Waals surface area contributed by atoms with Gasteiger partial charge in [0, 0.05) is 17.5 Å². The van der Waals surface area contributed by atoms with Gasteiger partial charge in [0.2, 0.25) is 0 Å². The van der Waals surface area contributed by atoms with Crippen LogP contribution in [0.4, 0.5) is 0 Å². The van der Waals surface area contributed by atoms with Crippen LogP contribution in [0.1, 0.15) is 39.6 Å². The van der Waals surface area contributed by atoms with Crippen LogP contribution in [0.2, 0.25) is 0 Å². The number of thiophene rings is 1. The topological polar surface area (TPSA) is 75.3 Å². The molecule has 3 heterocycles. The number of carbonyl (C=O) groups excluding carboxylic acids is 1. The molecule has 4 rings (SSSR count). The van der Waals surface area contributed by atoms with E-state index < -0.39 is 5.97 Å². The smallest absolute Gasteiger partial charge is 0.337 e. The van der Waals surface area contributed by atoms with Crippen molar-refractivity contribution in [1.82, 2.24) is 14.9 Å². The summed E-state index contributed by atoms with van der Waals surface area (Å²) in [5, 5.41) is 2.60. The maximum Gasteiger partial charge on any atom is 0.337 e. The Morgan fingerprint density at radius 1 is 1.42 bits per heavy atom. The van der Waals surface area contributed by atoms with E-state index in [1.807, 2.05) is 0 Å². The first-order chi connectivity index (χ1) is 12.6. The summed E-state index contributed by atoms with van der Waals surface area (Å²) in [7, 11) is 1.33. The molecule has 134 valence electrons. The number of hydrogen-bond acceptors (Lipinski definition) is 6. The van der Waals surface area contributed by atoms with E-state index in [0.29, 0.717) is 28.8 Å². The third-order valence-electron chi connectivity index (χ3n) is 4.93. The minimum Gasteiger partial charge on any atom is -0.465 e. The van der Waals surface area contributed by atoms with Crippen molar-refractivity contribution in [2.24, 2.45) is 0 Å². The molecule has 1 aliphatic rings. The third-order valence-corrected chi connectivity index (χ3v) is 5.93. The number of rotatable bonds is 3. The maximum atomic E-state index is 12.4. The van der Waals surface area contributed by atoms with Crippen LogP contribution in [0, 0.1) is 0 Å². The zero-order chi connectivity index (χ0) is 18.3. The predicted molar refractivity (Wildman–Crippen MR) is 101 cm³/mol. The number of benzene rings is 1. The summed E-state index contributed by atoms with van der Waals surface area (Å²) in [5.74, 6) is 0.167. The SMILES string of the molecule is COC(=O)c1ccc2c(=O)[nH]c(CN3CCc4sccc4C3C)nc2c1. The molecular weight excluding hydrogens is 350 g/mol. The molecule has 1 N–H and O–H groups in total. The van der Waals surface area contributed by atoms with Crippen LogP contribution >= 0.6 is 11.3 Å². The van der Waals surface area contributed by atoms with Gasteiger partial charge in [0.1, 0.15) is 5.82 Å². The molecule has 2 aromatic heterocycles. The Bertz CT molecular complexity index is 1040. The van der Waals surface area contributed by atoms with Crippen molar-refractivity contribution in [1.29, 1.82) is 0 Å². The second-order valence-corrected chi connectivity index (χ2v) is 7.43. The lowest BCUT2D eigenvalue weighted by molar-refractivity contribution is 0.0601. The maximum absolute atomic E-state index is 12.4. The molecule has 7 heteroatoms. The van der Waals surface area contributed by atoms with Gasteiger partial charge in [-0.15, -0.1) is 11.3 Å². The Kier molecular flexibility index (Phi) is 4.34. The molecule has 0 saturated heterocycles. The Labute approximate surface area is 154 Å². The number of nitrogens with one attached hydrogen (secondary N) is 1. The van der Waals surface area contributed by atoms with Gasteiger partial charge in [-0.2, -0.15) is 0 Å². The molecule has 1 unspecified atom stereocenters. The number of nitrogens with zero attached hydrogens (tertiary/aromatic N) is 2. The Morgan fingerprint density at radius 2 is 2.27 bits per heavy atom. The van der Waals surface area contributed by atoms with Gasteiger partial charge in [0.05, 0.1) is 30.1 Å². The van der Waals surface area contributed by atoms with E-state index in [9.17, 15) is 9.59 Å². The minimum atomic E-state index is -0.440. The fraction of sp³-hybridized carbons (Fsp3) is 0.316. The molecule has 0 spiro atoms. The van der Waals surface area contributed by atoms with Gasteiger partial charge in [0.25, 0.3) is 5.56 Å². The molecule has 3 aromatic rings. The van der Waals surface area contributed by atoms with Crippen molar-refractivity contribution in [3.63, 3.8) is 0 Å². The Balaban J connectivity index is 1.66. The van der Waals surface area contributed by atoms with E-state index in [0.717, 1.165) is 13.0 Å². The molecule has 1 aliphatic heterocycles. The third kappa shape index (κ3) is 2.93. The highest BCUT2D eigenvalue weighted by Gasteiger charge is 2.25. The summed E-state index contributed by atoms with van der Waals surface area (Å²) in [5.41, 5.74) is 2.06. The molecule has 0 amide bonds. The normalized spacial score (nSPS) is 17.2. The summed E-state index contributed by atoms with van der Waals surface area (Å²) in [4.78, 5) is 35.3. The molecule has 0 radical (unpaired) electrons. The number of esters is 1. The number of fused-ring (bicyclic) bond motifs is 2. The van der Waals surface area contributed by atoms with E-state index in [-0.39, 0.29) is 11.6 Å². The number of H-pyrrole nitrogens is 1. The lowest BCUT2D eigenvalue weighted by Crippen LogP contribution is -2.33. The molecule has 0 aliphatic carbocycles. The molecule has 0 saturated carbocycles. The Hall–Kier alpha value is -2.51. The monoisotopic (exact) mass is 369 g/mol. The van der Waals surface area contributed by atoms with Gasteiger partial charge >= 0.3 is 5.97 Å². The van der Waals surface area contributed by atoms with Gasteiger partial charge in [-0.3, -0.25) is 9.69 Å². The van der Waals surface area contributed by atoms with Crippen LogP contribution < -0.4 is 5.56 Å². The van der Waals surface area contributed by atoms with E-state index >= 15 is 0 Å². The molecule has 1 aromatic carbocycles.